The lowest BCUT2D eigenvalue weighted by Crippen LogP contribution is -2.53. The molecule has 2 amide bonds. The summed E-state index contributed by atoms with van der Waals surface area (Å²) in [5, 5.41) is 3.72. The number of halogens is 2. The van der Waals surface area contributed by atoms with E-state index in [2.05, 4.69) is 5.32 Å². The third-order valence-electron chi connectivity index (χ3n) is 6.31. The summed E-state index contributed by atoms with van der Waals surface area (Å²) in [7, 11) is -3.89. The van der Waals surface area contributed by atoms with Crippen LogP contribution in [-0.4, -0.2) is 50.5 Å². The van der Waals surface area contributed by atoms with Crippen LogP contribution < -0.4 is 9.62 Å². The van der Waals surface area contributed by atoms with Gasteiger partial charge in [0, 0.05) is 29.6 Å². The van der Waals surface area contributed by atoms with Crippen LogP contribution >= 0.6 is 23.2 Å². The van der Waals surface area contributed by atoms with Gasteiger partial charge in [-0.1, -0.05) is 84.7 Å². The Labute approximate surface area is 240 Å². The molecule has 0 aliphatic carbocycles. The van der Waals surface area contributed by atoms with E-state index >= 15 is 0 Å². The Morgan fingerprint density at radius 1 is 0.923 bits per heavy atom. The van der Waals surface area contributed by atoms with Crippen molar-refractivity contribution >= 4 is 50.7 Å². The number of nitrogens with one attached hydrogen (secondary N) is 1. The van der Waals surface area contributed by atoms with Crippen molar-refractivity contribution < 1.29 is 18.0 Å². The van der Waals surface area contributed by atoms with Crippen LogP contribution in [0.4, 0.5) is 5.69 Å². The Bertz CT molecular complexity index is 1400. The first-order valence-electron chi connectivity index (χ1n) is 12.6. The molecule has 0 saturated heterocycles. The predicted octanol–water partition coefficient (Wildman–Crippen LogP) is 5.23. The minimum atomic E-state index is -3.89. The maximum absolute atomic E-state index is 14.1. The molecule has 208 valence electrons. The Hall–Kier alpha value is -3.07. The number of carbonyl (C=O) groups is 2. The zero-order valence-corrected chi connectivity index (χ0v) is 24.6. The van der Waals surface area contributed by atoms with Crippen LogP contribution in [0.5, 0.6) is 0 Å². The summed E-state index contributed by atoms with van der Waals surface area (Å²) >= 11 is 12.7. The lowest BCUT2D eigenvalue weighted by atomic mass is 10.0. The molecule has 0 radical (unpaired) electrons. The molecule has 1 N–H and O–H groups in total. The number of sulfonamides is 1. The largest absolute Gasteiger partial charge is 0.354 e. The number of nitrogens with zero attached hydrogens (tertiary/aromatic N) is 2. The average Bonchev–Trinajstić information content (AvgIpc) is 2.90. The molecular formula is C29H33Cl2N3O4S. The van der Waals surface area contributed by atoms with E-state index in [1.807, 2.05) is 37.3 Å². The highest BCUT2D eigenvalue weighted by atomic mass is 35.5. The fraction of sp³-hybridized carbons (Fsp3) is 0.310. The first-order chi connectivity index (χ1) is 18.5. The molecule has 0 bridgehead atoms. The van der Waals surface area contributed by atoms with Crippen LogP contribution in [0.15, 0.2) is 72.8 Å². The van der Waals surface area contributed by atoms with Gasteiger partial charge in [-0.05, 0) is 48.2 Å². The zero-order chi connectivity index (χ0) is 28.6. The van der Waals surface area contributed by atoms with Gasteiger partial charge in [-0.15, -0.1) is 0 Å². The van der Waals surface area contributed by atoms with Crippen molar-refractivity contribution in [2.75, 3.05) is 23.7 Å². The smallest absolute Gasteiger partial charge is 0.244 e. The Morgan fingerprint density at radius 2 is 1.56 bits per heavy atom. The molecule has 39 heavy (non-hydrogen) atoms. The summed E-state index contributed by atoms with van der Waals surface area (Å²) in [6.45, 7) is 3.57. The quantitative estimate of drug-likeness (QED) is 0.313. The van der Waals surface area contributed by atoms with Crippen molar-refractivity contribution in [2.45, 2.75) is 39.3 Å². The second-order valence-electron chi connectivity index (χ2n) is 9.26. The summed E-state index contributed by atoms with van der Waals surface area (Å²) in [6, 6.07) is 20.4. The highest BCUT2D eigenvalue weighted by Crippen LogP contribution is 2.29. The van der Waals surface area contributed by atoms with E-state index < -0.39 is 28.5 Å². The third kappa shape index (κ3) is 8.21. The van der Waals surface area contributed by atoms with E-state index in [4.69, 9.17) is 23.2 Å². The molecule has 0 fully saturated rings. The molecule has 10 heteroatoms. The normalized spacial score (nSPS) is 12.0. The Kier molecular flexibility index (Phi) is 10.8. The lowest BCUT2D eigenvalue weighted by molar-refractivity contribution is -0.140. The maximum Gasteiger partial charge on any atom is 0.244 e. The molecule has 3 aromatic carbocycles. The molecule has 0 aliphatic heterocycles. The fourth-order valence-corrected chi connectivity index (χ4v) is 5.46. The molecule has 7 nitrogen and oxygen atoms in total. The molecule has 0 saturated carbocycles. The number of hydrogen-bond acceptors (Lipinski definition) is 4. The molecule has 0 spiro atoms. The highest BCUT2D eigenvalue weighted by Gasteiger charge is 2.33. The number of anilines is 1. The zero-order valence-electron chi connectivity index (χ0n) is 22.2. The minimum absolute atomic E-state index is 0.0156. The van der Waals surface area contributed by atoms with Gasteiger partial charge in [-0.25, -0.2) is 8.42 Å². The molecule has 1 atom stereocenters. The van der Waals surface area contributed by atoms with Crippen molar-refractivity contribution in [1.29, 1.82) is 0 Å². The number of amides is 2. The van der Waals surface area contributed by atoms with Gasteiger partial charge in [-0.2, -0.15) is 0 Å². The van der Waals surface area contributed by atoms with E-state index in [-0.39, 0.29) is 18.9 Å². The Balaban J connectivity index is 2.08. The number of rotatable bonds is 12. The summed E-state index contributed by atoms with van der Waals surface area (Å²) in [6.07, 6.45) is 1.99. The van der Waals surface area contributed by atoms with E-state index in [0.29, 0.717) is 33.4 Å². The first kappa shape index (κ1) is 30.5. The lowest BCUT2D eigenvalue weighted by Gasteiger charge is -2.34. The van der Waals surface area contributed by atoms with Crippen LogP contribution in [0.3, 0.4) is 0 Å². The van der Waals surface area contributed by atoms with Gasteiger partial charge >= 0.3 is 0 Å². The monoisotopic (exact) mass is 589 g/mol. The summed E-state index contributed by atoms with van der Waals surface area (Å²) < 4.78 is 26.9. The molecular weight excluding hydrogens is 557 g/mol. The standard InChI is InChI=1S/C29H33Cl2N3O4S/c1-4-17-32-29(36)27(18-22-11-6-5-7-12-22)33(19-23-13-8-9-14-25(23)31)28(35)20-34(39(3,37)38)26-16-10-15-24(30)21(26)2/h5-16,27H,4,17-20H2,1-3H3,(H,32,36)/t27-/m1/s1. The molecule has 3 rings (SSSR count). The first-order valence-corrected chi connectivity index (χ1v) is 15.2. The summed E-state index contributed by atoms with van der Waals surface area (Å²) in [5.74, 6) is -0.877. The predicted molar refractivity (Wildman–Crippen MR) is 158 cm³/mol. The minimum Gasteiger partial charge on any atom is -0.354 e. The van der Waals surface area contributed by atoms with E-state index in [1.165, 1.54) is 4.90 Å². The molecule has 0 aliphatic rings. The van der Waals surface area contributed by atoms with Crippen molar-refractivity contribution in [3.05, 3.63) is 99.5 Å². The van der Waals surface area contributed by atoms with E-state index in [9.17, 15) is 18.0 Å². The van der Waals surface area contributed by atoms with Gasteiger partial charge in [0.15, 0.2) is 0 Å². The second-order valence-corrected chi connectivity index (χ2v) is 12.0. The van der Waals surface area contributed by atoms with Crippen LogP contribution in [0, 0.1) is 6.92 Å². The van der Waals surface area contributed by atoms with Crippen LogP contribution in [0.2, 0.25) is 10.0 Å². The van der Waals surface area contributed by atoms with Crippen LogP contribution in [0.25, 0.3) is 0 Å². The Morgan fingerprint density at radius 3 is 2.21 bits per heavy atom. The SMILES string of the molecule is CCCNC(=O)[C@@H](Cc1ccccc1)N(Cc1ccccc1Cl)C(=O)CN(c1cccc(Cl)c1C)S(C)(=O)=O. The fourth-order valence-electron chi connectivity index (χ4n) is 4.19. The van der Waals surface area contributed by atoms with Crippen molar-refractivity contribution in [1.82, 2.24) is 10.2 Å². The maximum atomic E-state index is 14.1. The molecule has 0 heterocycles. The molecule has 0 unspecified atom stereocenters. The summed E-state index contributed by atoms with van der Waals surface area (Å²) in [5.41, 5.74) is 2.32. The van der Waals surface area contributed by atoms with Crippen molar-refractivity contribution in [3.63, 3.8) is 0 Å². The van der Waals surface area contributed by atoms with Crippen LogP contribution in [0.1, 0.15) is 30.0 Å². The molecule has 3 aromatic rings. The topological polar surface area (TPSA) is 86.8 Å². The van der Waals surface area contributed by atoms with E-state index in [1.54, 1.807) is 49.4 Å². The summed E-state index contributed by atoms with van der Waals surface area (Å²) in [4.78, 5) is 29.0. The van der Waals surface area contributed by atoms with Gasteiger partial charge in [0.2, 0.25) is 21.8 Å². The second kappa shape index (κ2) is 13.8. The number of carbonyl (C=O) groups excluding carboxylic acids is 2. The van der Waals surface area contributed by atoms with Crippen molar-refractivity contribution in [2.24, 2.45) is 0 Å². The van der Waals surface area contributed by atoms with Crippen LogP contribution in [-0.2, 0) is 32.6 Å². The highest BCUT2D eigenvalue weighted by molar-refractivity contribution is 7.92. The van der Waals surface area contributed by atoms with Gasteiger partial charge < -0.3 is 10.2 Å². The number of hydrogen-bond donors (Lipinski definition) is 1. The van der Waals surface area contributed by atoms with Gasteiger partial charge in [-0.3, -0.25) is 13.9 Å². The average molecular weight is 591 g/mol. The van der Waals surface area contributed by atoms with Crippen molar-refractivity contribution in [3.8, 4) is 0 Å². The van der Waals surface area contributed by atoms with E-state index in [0.717, 1.165) is 22.5 Å². The van der Waals surface area contributed by atoms with Gasteiger partial charge in [0.1, 0.15) is 12.6 Å². The molecule has 0 aromatic heterocycles. The van der Waals surface area contributed by atoms with Gasteiger partial charge in [0.25, 0.3) is 0 Å². The third-order valence-corrected chi connectivity index (χ3v) is 8.21. The van der Waals surface area contributed by atoms with Gasteiger partial charge in [0.05, 0.1) is 11.9 Å². The number of benzene rings is 3.